The molecule has 1 atom stereocenters. The molecule has 66 valence electrons. The zero-order chi connectivity index (χ0) is 8.97. The van der Waals surface area contributed by atoms with Crippen molar-refractivity contribution in [2.75, 3.05) is 6.54 Å². The number of aliphatic hydroxyl groups is 1. The Morgan fingerprint density at radius 3 is 2.83 bits per heavy atom. The van der Waals surface area contributed by atoms with E-state index in [-0.39, 0.29) is 0 Å². The Morgan fingerprint density at radius 1 is 1.50 bits per heavy atom. The third-order valence-electron chi connectivity index (χ3n) is 1.70. The molecule has 1 aromatic rings. The number of benzene rings is 1. The average molecular weight is 183 g/mol. The van der Waals surface area contributed by atoms with E-state index < -0.39 is 6.10 Å². The highest BCUT2D eigenvalue weighted by molar-refractivity contribution is 7.80. The maximum atomic E-state index is 9.53. The number of hydrogen-bond donors (Lipinski definition) is 3. The Hall–Kier alpha value is -0.510. The lowest BCUT2D eigenvalue weighted by molar-refractivity contribution is 0.170. The summed E-state index contributed by atoms with van der Waals surface area (Å²) in [6.45, 7) is 0.498. The van der Waals surface area contributed by atoms with Gasteiger partial charge in [0.2, 0.25) is 0 Å². The summed E-state index contributed by atoms with van der Waals surface area (Å²) in [6, 6.07) is 7.47. The van der Waals surface area contributed by atoms with Crippen molar-refractivity contribution in [3.63, 3.8) is 0 Å². The first kappa shape index (κ1) is 9.58. The molecule has 3 N–H and O–H groups in total. The first-order valence-corrected chi connectivity index (χ1v) is 4.36. The Kier molecular flexibility index (Phi) is 3.59. The van der Waals surface area contributed by atoms with Gasteiger partial charge in [0.15, 0.2) is 0 Å². The largest absolute Gasteiger partial charge is 0.388 e. The van der Waals surface area contributed by atoms with Gasteiger partial charge in [-0.15, -0.1) is 12.6 Å². The molecule has 0 aromatic heterocycles. The van der Waals surface area contributed by atoms with E-state index >= 15 is 0 Å². The van der Waals surface area contributed by atoms with Crippen LogP contribution in [0.2, 0.25) is 0 Å². The van der Waals surface area contributed by atoms with Gasteiger partial charge in [-0.3, -0.25) is 0 Å². The summed E-state index contributed by atoms with van der Waals surface area (Å²) in [4.78, 5) is 0.864. The van der Waals surface area contributed by atoms with E-state index in [0.717, 1.165) is 10.5 Å². The predicted molar refractivity (Wildman–Crippen MR) is 52.3 cm³/mol. The van der Waals surface area contributed by atoms with Crippen LogP contribution in [-0.4, -0.2) is 11.7 Å². The highest BCUT2D eigenvalue weighted by atomic mass is 32.1. The van der Waals surface area contributed by atoms with E-state index in [9.17, 15) is 5.11 Å². The highest BCUT2D eigenvalue weighted by Crippen LogP contribution is 2.18. The summed E-state index contributed by atoms with van der Waals surface area (Å²) >= 11 is 4.17. The van der Waals surface area contributed by atoms with Gasteiger partial charge in [0, 0.05) is 4.90 Å². The van der Waals surface area contributed by atoms with E-state index in [2.05, 4.69) is 12.6 Å². The molecule has 0 aliphatic heterocycles. The van der Waals surface area contributed by atoms with Crippen LogP contribution in [0.4, 0.5) is 0 Å². The maximum absolute atomic E-state index is 9.53. The number of rotatable bonds is 3. The minimum atomic E-state index is -0.456. The molecule has 0 fully saturated rings. The molecule has 3 heteroatoms. The Bertz CT molecular complexity index is 252. The number of nitrogens with two attached hydrogens (primary N) is 1. The lowest BCUT2D eigenvalue weighted by Gasteiger charge is -2.09. The third-order valence-corrected chi connectivity index (χ3v) is 1.97. The van der Waals surface area contributed by atoms with Crippen molar-refractivity contribution in [1.29, 1.82) is 0 Å². The van der Waals surface area contributed by atoms with Crippen molar-refractivity contribution in [3.8, 4) is 0 Å². The molecule has 0 bridgehead atoms. The SMILES string of the molecule is NCCC(O)c1cccc(S)c1. The zero-order valence-corrected chi connectivity index (χ0v) is 7.67. The fourth-order valence-corrected chi connectivity index (χ4v) is 1.29. The van der Waals surface area contributed by atoms with Crippen molar-refractivity contribution < 1.29 is 5.11 Å². The van der Waals surface area contributed by atoms with Gasteiger partial charge in [0.1, 0.15) is 0 Å². The molecular weight excluding hydrogens is 170 g/mol. The predicted octanol–water partition coefficient (Wildman–Crippen LogP) is 1.36. The van der Waals surface area contributed by atoms with Crippen LogP contribution in [0.5, 0.6) is 0 Å². The molecule has 2 nitrogen and oxygen atoms in total. The third kappa shape index (κ3) is 2.52. The lowest BCUT2D eigenvalue weighted by Crippen LogP contribution is -2.06. The van der Waals surface area contributed by atoms with Crippen molar-refractivity contribution in [1.82, 2.24) is 0 Å². The topological polar surface area (TPSA) is 46.2 Å². The first-order chi connectivity index (χ1) is 5.74. The summed E-state index contributed by atoms with van der Waals surface area (Å²) in [5, 5.41) is 9.53. The summed E-state index contributed by atoms with van der Waals surface area (Å²) in [5.74, 6) is 0. The van der Waals surface area contributed by atoms with E-state index in [1.165, 1.54) is 0 Å². The molecule has 0 radical (unpaired) electrons. The summed E-state index contributed by atoms with van der Waals surface area (Å²) in [5.41, 5.74) is 6.21. The molecule has 0 saturated heterocycles. The fourth-order valence-electron chi connectivity index (χ4n) is 1.06. The van der Waals surface area contributed by atoms with Crippen molar-refractivity contribution in [2.45, 2.75) is 17.4 Å². The first-order valence-electron chi connectivity index (χ1n) is 3.91. The average Bonchev–Trinajstić information content (AvgIpc) is 2.05. The summed E-state index contributed by atoms with van der Waals surface area (Å²) < 4.78 is 0. The lowest BCUT2D eigenvalue weighted by atomic mass is 10.1. The number of thiol groups is 1. The van der Waals surface area contributed by atoms with Gasteiger partial charge in [-0.25, -0.2) is 0 Å². The quantitative estimate of drug-likeness (QED) is 0.620. The smallest absolute Gasteiger partial charge is 0.0802 e. The van der Waals surface area contributed by atoms with Crippen LogP contribution in [0.15, 0.2) is 29.2 Å². The minimum absolute atomic E-state index is 0.456. The van der Waals surface area contributed by atoms with Crippen LogP contribution < -0.4 is 5.73 Å². The maximum Gasteiger partial charge on any atom is 0.0802 e. The fraction of sp³-hybridized carbons (Fsp3) is 0.333. The second kappa shape index (κ2) is 4.50. The second-order valence-corrected chi connectivity index (χ2v) is 3.20. The van der Waals surface area contributed by atoms with Gasteiger partial charge in [0.05, 0.1) is 6.10 Å². The highest BCUT2D eigenvalue weighted by Gasteiger charge is 2.05. The van der Waals surface area contributed by atoms with Gasteiger partial charge in [-0.2, -0.15) is 0 Å². The van der Waals surface area contributed by atoms with Crippen LogP contribution in [-0.2, 0) is 0 Å². The van der Waals surface area contributed by atoms with Gasteiger partial charge < -0.3 is 10.8 Å². The van der Waals surface area contributed by atoms with Crippen LogP contribution in [0.1, 0.15) is 18.1 Å². The molecule has 1 aromatic carbocycles. The van der Waals surface area contributed by atoms with E-state index in [0.29, 0.717) is 13.0 Å². The van der Waals surface area contributed by atoms with Gasteiger partial charge in [0.25, 0.3) is 0 Å². The molecule has 0 amide bonds. The monoisotopic (exact) mass is 183 g/mol. The Balaban J connectivity index is 2.73. The number of aliphatic hydroxyl groups excluding tert-OH is 1. The van der Waals surface area contributed by atoms with Crippen molar-refractivity contribution in [2.24, 2.45) is 5.73 Å². The van der Waals surface area contributed by atoms with Crippen molar-refractivity contribution in [3.05, 3.63) is 29.8 Å². The van der Waals surface area contributed by atoms with Crippen molar-refractivity contribution >= 4 is 12.6 Å². The van der Waals surface area contributed by atoms with E-state index in [1.807, 2.05) is 24.3 Å². The molecule has 0 saturated carbocycles. The van der Waals surface area contributed by atoms with Crippen LogP contribution in [0.25, 0.3) is 0 Å². The number of hydrogen-bond acceptors (Lipinski definition) is 3. The molecular formula is C9H13NOS. The minimum Gasteiger partial charge on any atom is -0.388 e. The summed E-state index contributed by atoms with van der Waals surface area (Å²) in [7, 11) is 0. The molecule has 0 heterocycles. The molecule has 1 rings (SSSR count). The molecule has 1 unspecified atom stereocenters. The van der Waals surface area contributed by atoms with Crippen LogP contribution >= 0.6 is 12.6 Å². The second-order valence-electron chi connectivity index (χ2n) is 2.69. The van der Waals surface area contributed by atoms with Gasteiger partial charge >= 0.3 is 0 Å². The van der Waals surface area contributed by atoms with Crippen LogP contribution in [0.3, 0.4) is 0 Å². The standard InChI is InChI=1S/C9H13NOS/c10-5-4-9(11)7-2-1-3-8(12)6-7/h1-3,6,9,11-12H,4-5,10H2. The van der Waals surface area contributed by atoms with Gasteiger partial charge in [-0.05, 0) is 30.7 Å². The zero-order valence-electron chi connectivity index (χ0n) is 6.77. The molecule has 0 aliphatic rings. The van der Waals surface area contributed by atoms with E-state index in [4.69, 9.17) is 5.73 Å². The molecule has 12 heavy (non-hydrogen) atoms. The Morgan fingerprint density at radius 2 is 2.25 bits per heavy atom. The molecule has 0 spiro atoms. The normalized spacial score (nSPS) is 12.9. The summed E-state index contributed by atoms with van der Waals surface area (Å²) in [6.07, 6.45) is 0.138. The van der Waals surface area contributed by atoms with Crippen LogP contribution in [0, 0.1) is 0 Å². The Labute approximate surface area is 77.8 Å². The molecule has 0 aliphatic carbocycles. The van der Waals surface area contributed by atoms with Gasteiger partial charge in [-0.1, -0.05) is 12.1 Å². The van der Waals surface area contributed by atoms with E-state index in [1.54, 1.807) is 0 Å².